The second-order valence-corrected chi connectivity index (χ2v) is 6.61. The molecule has 1 amide bonds. The summed E-state index contributed by atoms with van der Waals surface area (Å²) in [4.78, 5) is 14.8. The van der Waals surface area contributed by atoms with Crippen LogP contribution in [-0.4, -0.2) is 35.5 Å². The van der Waals surface area contributed by atoms with Gasteiger partial charge in [-0.3, -0.25) is 4.79 Å². The van der Waals surface area contributed by atoms with Crippen molar-refractivity contribution in [2.75, 3.05) is 6.54 Å². The van der Waals surface area contributed by atoms with Gasteiger partial charge in [-0.25, -0.2) is 0 Å². The van der Waals surface area contributed by atoms with E-state index in [0.717, 1.165) is 24.9 Å². The first-order valence-corrected chi connectivity index (χ1v) is 8.26. The number of likely N-dealkylation sites (N-methyl/N-ethyl adjacent to an activating group) is 1. The Kier molecular flexibility index (Phi) is 4.29. The van der Waals surface area contributed by atoms with Gasteiger partial charge in [0.15, 0.2) is 0 Å². The maximum absolute atomic E-state index is 12.7. The molecule has 2 aliphatic rings. The van der Waals surface area contributed by atoms with E-state index in [2.05, 4.69) is 42.3 Å². The smallest absolute Gasteiger partial charge is 0.227 e. The van der Waals surface area contributed by atoms with Gasteiger partial charge in [-0.2, -0.15) is 0 Å². The van der Waals surface area contributed by atoms with Crippen LogP contribution in [0.5, 0.6) is 0 Å². The van der Waals surface area contributed by atoms with Crippen LogP contribution in [0.2, 0.25) is 0 Å². The molecule has 3 nitrogen and oxygen atoms in total. The van der Waals surface area contributed by atoms with Crippen LogP contribution in [-0.2, 0) is 11.2 Å². The fraction of sp³-hybridized carbons (Fsp3) is 0.611. The second kappa shape index (κ2) is 6.18. The lowest BCUT2D eigenvalue weighted by Gasteiger charge is -2.37. The quantitative estimate of drug-likeness (QED) is 0.923. The molecule has 114 valence electrons. The monoisotopic (exact) mass is 286 g/mol. The zero-order valence-electron chi connectivity index (χ0n) is 13.1. The highest BCUT2D eigenvalue weighted by molar-refractivity contribution is 5.79. The normalized spacial score (nSPS) is 27.6. The summed E-state index contributed by atoms with van der Waals surface area (Å²) >= 11 is 0. The number of benzene rings is 1. The Labute approximate surface area is 127 Å². The minimum absolute atomic E-state index is 0.286. The lowest BCUT2D eigenvalue weighted by atomic mass is 9.97. The third-order valence-corrected chi connectivity index (χ3v) is 4.99. The van der Waals surface area contributed by atoms with E-state index in [0.29, 0.717) is 24.5 Å². The van der Waals surface area contributed by atoms with Crippen molar-refractivity contribution in [3.05, 3.63) is 35.4 Å². The molecule has 2 aliphatic heterocycles. The fourth-order valence-corrected chi connectivity index (χ4v) is 4.02. The molecule has 2 heterocycles. The predicted molar refractivity (Wildman–Crippen MR) is 85.2 cm³/mol. The molecule has 0 saturated carbocycles. The zero-order chi connectivity index (χ0) is 14.8. The average Bonchev–Trinajstić information content (AvgIpc) is 2.78. The van der Waals surface area contributed by atoms with Crippen molar-refractivity contribution < 1.29 is 4.79 Å². The van der Waals surface area contributed by atoms with Crippen molar-refractivity contribution >= 4 is 5.91 Å². The largest absolute Gasteiger partial charge is 0.340 e. The topological polar surface area (TPSA) is 32.3 Å². The van der Waals surface area contributed by atoms with E-state index < -0.39 is 0 Å². The standard InChI is InChI=1S/C18H26N2O/c1-3-20(17-11-15-7-8-16(12-17)19-15)18(21)10-14-6-4-5-13(2)9-14/h4-6,9,15-17,19H,3,7-8,10-12H2,1-2H3. The second-order valence-electron chi connectivity index (χ2n) is 6.61. The number of carbonyl (C=O) groups is 1. The minimum Gasteiger partial charge on any atom is -0.340 e. The highest BCUT2D eigenvalue weighted by Gasteiger charge is 2.36. The number of hydrogen-bond acceptors (Lipinski definition) is 2. The van der Waals surface area contributed by atoms with Gasteiger partial charge in [0.25, 0.3) is 0 Å². The molecular weight excluding hydrogens is 260 g/mol. The highest BCUT2D eigenvalue weighted by atomic mass is 16.2. The number of amides is 1. The van der Waals surface area contributed by atoms with Gasteiger partial charge in [0, 0.05) is 24.7 Å². The van der Waals surface area contributed by atoms with E-state index in [1.807, 2.05) is 6.07 Å². The molecule has 0 aromatic heterocycles. The van der Waals surface area contributed by atoms with E-state index in [4.69, 9.17) is 0 Å². The first-order chi connectivity index (χ1) is 10.2. The summed E-state index contributed by atoms with van der Waals surface area (Å²) in [5.74, 6) is 0.286. The van der Waals surface area contributed by atoms with Gasteiger partial charge >= 0.3 is 0 Å². The summed E-state index contributed by atoms with van der Waals surface area (Å²) in [7, 11) is 0. The molecule has 3 rings (SSSR count). The van der Waals surface area contributed by atoms with Crippen LogP contribution >= 0.6 is 0 Å². The van der Waals surface area contributed by atoms with Crippen LogP contribution < -0.4 is 5.32 Å². The molecule has 21 heavy (non-hydrogen) atoms. The third kappa shape index (κ3) is 3.29. The van der Waals surface area contributed by atoms with Crippen molar-refractivity contribution in [1.29, 1.82) is 0 Å². The van der Waals surface area contributed by atoms with E-state index >= 15 is 0 Å². The van der Waals surface area contributed by atoms with Gasteiger partial charge in [0.2, 0.25) is 5.91 Å². The van der Waals surface area contributed by atoms with Crippen LogP contribution in [0.25, 0.3) is 0 Å². The van der Waals surface area contributed by atoms with Crippen molar-refractivity contribution in [3.63, 3.8) is 0 Å². The molecule has 2 bridgehead atoms. The molecule has 2 atom stereocenters. The number of piperidine rings is 1. The van der Waals surface area contributed by atoms with Crippen LogP contribution in [0.3, 0.4) is 0 Å². The summed E-state index contributed by atoms with van der Waals surface area (Å²) < 4.78 is 0. The maximum Gasteiger partial charge on any atom is 0.227 e. The molecule has 0 radical (unpaired) electrons. The van der Waals surface area contributed by atoms with Crippen LogP contribution in [0.4, 0.5) is 0 Å². The van der Waals surface area contributed by atoms with Gasteiger partial charge in [0.1, 0.15) is 0 Å². The number of rotatable bonds is 4. The van der Waals surface area contributed by atoms with Crippen LogP contribution in [0.15, 0.2) is 24.3 Å². The molecule has 1 aromatic carbocycles. The number of aryl methyl sites for hydroxylation is 1. The van der Waals surface area contributed by atoms with Crippen LogP contribution in [0, 0.1) is 6.92 Å². The van der Waals surface area contributed by atoms with E-state index in [1.54, 1.807) is 0 Å². The van der Waals surface area contributed by atoms with E-state index in [1.165, 1.54) is 18.4 Å². The Balaban J connectivity index is 1.66. The average molecular weight is 286 g/mol. The summed E-state index contributed by atoms with van der Waals surface area (Å²) in [6.45, 7) is 5.02. The molecule has 2 unspecified atom stereocenters. The molecular formula is C18H26N2O. The van der Waals surface area contributed by atoms with Crippen molar-refractivity contribution in [3.8, 4) is 0 Å². The van der Waals surface area contributed by atoms with E-state index in [-0.39, 0.29) is 5.91 Å². The first kappa shape index (κ1) is 14.6. The number of hydrogen-bond donors (Lipinski definition) is 1. The molecule has 0 spiro atoms. The Morgan fingerprint density at radius 1 is 1.29 bits per heavy atom. The summed E-state index contributed by atoms with van der Waals surface area (Å²) in [5.41, 5.74) is 2.36. The van der Waals surface area contributed by atoms with Gasteiger partial charge in [-0.15, -0.1) is 0 Å². The Hall–Kier alpha value is -1.35. The number of nitrogens with one attached hydrogen (secondary N) is 1. The summed E-state index contributed by atoms with van der Waals surface area (Å²) in [6.07, 6.45) is 5.36. The van der Waals surface area contributed by atoms with Gasteiger partial charge in [-0.05, 0) is 45.1 Å². The lowest BCUT2D eigenvalue weighted by Crippen LogP contribution is -2.50. The number of carbonyl (C=O) groups excluding carboxylic acids is 1. The summed E-state index contributed by atoms with van der Waals surface area (Å²) in [6, 6.07) is 10.0. The van der Waals surface area contributed by atoms with Crippen LogP contribution in [0.1, 0.15) is 43.7 Å². The lowest BCUT2D eigenvalue weighted by molar-refractivity contribution is -0.133. The molecule has 1 aromatic rings. The fourth-order valence-electron chi connectivity index (χ4n) is 4.02. The number of nitrogens with zero attached hydrogens (tertiary/aromatic N) is 1. The van der Waals surface area contributed by atoms with Crippen molar-refractivity contribution in [2.45, 2.75) is 64.1 Å². The van der Waals surface area contributed by atoms with Crippen molar-refractivity contribution in [1.82, 2.24) is 10.2 Å². The summed E-state index contributed by atoms with van der Waals surface area (Å²) in [5, 5.41) is 3.66. The van der Waals surface area contributed by atoms with Gasteiger partial charge < -0.3 is 10.2 Å². The van der Waals surface area contributed by atoms with Crippen molar-refractivity contribution in [2.24, 2.45) is 0 Å². The zero-order valence-corrected chi connectivity index (χ0v) is 13.1. The SMILES string of the molecule is CCN(C(=O)Cc1cccc(C)c1)C1CC2CCC(C1)N2. The molecule has 2 fully saturated rings. The predicted octanol–water partition coefficient (Wildman–Crippen LogP) is 2.67. The minimum atomic E-state index is 0.286. The highest BCUT2D eigenvalue weighted by Crippen LogP contribution is 2.30. The maximum atomic E-state index is 12.7. The number of fused-ring (bicyclic) bond motifs is 2. The molecule has 0 aliphatic carbocycles. The van der Waals surface area contributed by atoms with E-state index in [9.17, 15) is 4.79 Å². The molecule has 2 saturated heterocycles. The van der Waals surface area contributed by atoms with Gasteiger partial charge in [0.05, 0.1) is 6.42 Å². The molecule has 3 heteroatoms. The first-order valence-electron chi connectivity index (χ1n) is 8.26. The van der Waals surface area contributed by atoms with Gasteiger partial charge in [-0.1, -0.05) is 29.8 Å². The Bertz CT molecular complexity index is 502. The Morgan fingerprint density at radius 2 is 2.00 bits per heavy atom. The third-order valence-electron chi connectivity index (χ3n) is 4.99. The molecule has 1 N–H and O–H groups in total. The Morgan fingerprint density at radius 3 is 2.62 bits per heavy atom.